The van der Waals surface area contributed by atoms with E-state index in [4.69, 9.17) is 10.5 Å². The molecule has 0 aliphatic rings. The number of carbonyl (C=O) groups is 1. The summed E-state index contributed by atoms with van der Waals surface area (Å²) in [6.45, 7) is 0.556. The number of benzene rings is 2. The summed E-state index contributed by atoms with van der Waals surface area (Å²) in [5.41, 5.74) is 7.83. The van der Waals surface area contributed by atoms with Gasteiger partial charge in [-0.3, -0.25) is 4.79 Å². The first-order valence-electron chi connectivity index (χ1n) is 6.47. The minimum atomic E-state index is -0.212. The van der Waals surface area contributed by atoms with Crippen LogP contribution in [0.3, 0.4) is 0 Å². The van der Waals surface area contributed by atoms with Crippen LogP contribution < -0.4 is 15.8 Å². The average molecular weight is 270 g/mol. The van der Waals surface area contributed by atoms with Gasteiger partial charge in [-0.15, -0.1) is 0 Å². The molecule has 0 saturated carbocycles. The van der Waals surface area contributed by atoms with Gasteiger partial charge in [0, 0.05) is 12.2 Å². The Kier molecular flexibility index (Phi) is 4.60. The van der Waals surface area contributed by atoms with Crippen molar-refractivity contribution in [1.29, 1.82) is 0 Å². The normalized spacial score (nSPS) is 10.1. The van der Waals surface area contributed by atoms with E-state index < -0.39 is 0 Å². The number of nitrogens with two attached hydrogens (primary N) is 1. The van der Waals surface area contributed by atoms with Gasteiger partial charge in [-0.1, -0.05) is 36.4 Å². The lowest BCUT2D eigenvalue weighted by atomic mass is 10.1. The number of ether oxygens (including phenoxy) is 1. The number of hydrogen-bond donors (Lipinski definition) is 2. The van der Waals surface area contributed by atoms with Crippen molar-refractivity contribution in [2.45, 2.75) is 6.42 Å². The average Bonchev–Trinajstić information content (AvgIpc) is 2.47. The summed E-state index contributed by atoms with van der Waals surface area (Å²) in [5.74, 6) is 0.276. The van der Waals surface area contributed by atoms with Crippen molar-refractivity contribution in [3.05, 3.63) is 59.7 Å². The molecule has 0 aromatic heterocycles. The number of anilines is 1. The molecule has 4 heteroatoms. The lowest BCUT2D eigenvalue weighted by Gasteiger charge is -2.11. The molecule has 2 rings (SSSR count). The Morgan fingerprint density at radius 2 is 1.90 bits per heavy atom. The molecule has 4 nitrogen and oxygen atoms in total. The Hall–Kier alpha value is -2.49. The van der Waals surface area contributed by atoms with Crippen molar-refractivity contribution >= 4 is 11.6 Å². The van der Waals surface area contributed by atoms with Crippen LogP contribution in [0.1, 0.15) is 15.9 Å². The summed E-state index contributed by atoms with van der Waals surface area (Å²) in [4.78, 5) is 12.2. The van der Waals surface area contributed by atoms with Gasteiger partial charge < -0.3 is 15.8 Å². The second-order valence-electron chi connectivity index (χ2n) is 4.42. The second kappa shape index (κ2) is 6.61. The molecule has 0 radical (unpaired) electrons. The molecule has 20 heavy (non-hydrogen) atoms. The number of amides is 1. The summed E-state index contributed by atoms with van der Waals surface area (Å²) in [7, 11) is 1.52. The molecule has 0 aliphatic carbocycles. The standard InChI is InChI=1S/C16H18N2O2/c1-20-14-9-5-8-13(17)15(14)16(19)18-11-10-12-6-3-2-4-7-12/h2-9H,10-11,17H2,1H3,(H,18,19). The Morgan fingerprint density at radius 1 is 1.15 bits per heavy atom. The predicted molar refractivity (Wildman–Crippen MR) is 79.9 cm³/mol. The molecule has 0 unspecified atom stereocenters. The molecular formula is C16H18N2O2. The molecule has 3 N–H and O–H groups in total. The second-order valence-corrected chi connectivity index (χ2v) is 4.42. The third kappa shape index (κ3) is 3.29. The first kappa shape index (κ1) is 13.9. The van der Waals surface area contributed by atoms with Crippen molar-refractivity contribution < 1.29 is 9.53 Å². The highest BCUT2D eigenvalue weighted by molar-refractivity contribution is 6.01. The van der Waals surface area contributed by atoms with Gasteiger partial charge >= 0.3 is 0 Å². The number of methoxy groups -OCH3 is 1. The Labute approximate surface area is 118 Å². The summed E-state index contributed by atoms with van der Waals surface area (Å²) in [5, 5.41) is 2.86. The van der Waals surface area contributed by atoms with Crippen molar-refractivity contribution in [2.24, 2.45) is 0 Å². The zero-order valence-corrected chi connectivity index (χ0v) is 11.4. The molecule has 0 aliphatic heterocycles. The number of nitrogens with one attached hydrogen (secondary N) is 1. The molecule has 2 aromatic carbocycles. The summed E-state index contributed by atoms with van der Waals surface area (Å²) >= 11 is 0. The van der Waals surface area contributed by atoms with Gasteiger partial charge in [0.1, 0.15) is 11.3 Å². The smallest absolute Gasteiger partial charge is 0.257 e. The van der Waals surface area contributed by atoms with E-state index in [2.05, 4.69) is 5.32 Å². The number of rotatable bonds is 5. The van der Waals surface area contributed by atoms with E-state index >= 15 is 0 Å². The Morgan fingerprint density at radius 3 is 2.60 bits per heavy atom. The van der Waals surface area contributed by atoms with Crippen LogP contribution in [-0.4, -0.2) is 19.6 Å². The first-order chi connectivity index (χ1) is 9.72. The van der Waals surface area contributed by atoms with E-state index in [0.29, 0.717) is 23.5 Å². The first-order valence-corrected chi connectivity index (χ1v) is 6.47. The largest absolute Gasteiger partial charge is 0.496 e. The van der Waals surface area contributed by atoms with E-state index in [-0.39, 0.29) is 5.91 Å². The Balaban J connectivity index is 1.99. The molecule has 0 heterocycles. The van der Waals surface area contributed by atoms with Gasteiger partial charge in [-0.25, -0.2) is 0 Å². The monoisotopic (exact) mass is 270 g/mol. The van der Waals surface area contributed by atoms with Crippen molar-refractivity contribution in [3.63, 3.8) is 0 Å². The van der Waals surface area contributed by atoms with Gasteiger partial charge in [0.15, 0.2) is 0 Å². The Bertz CT molecular complexity index is 582. The fourth-order valence-corrected chi connectivity index (χ4v) is 2.01. The topological polar surface area (TPSA) is 64.3 Å². The zero-order valence-electron chi connectivity index (χ0n) is 11.4. The van der Waals surface area contributed by atoms with E-state index in [1.807, 2.05) is 30.3 Å². The minimum Gasteiger partial charge on any atom is -0.496 e. The van der Waals surface area contributed by atoms with Gasteiger partial charge in [0.25, 0.3) is 5.91 Å². The maximum atomic E-state index is 12.2. The van der Waals surface area contributed by atoms with Crippen LogP contribution >= 0.6 is 0 Å². The predicted octanol–water partition coefficient (Wildman–Crippen LogP) is 2.25. The van der Waals surface area contributed by atoms with Crippen molar-refractivity contribution in [2.75, 3.05) is 19.4 Å². The fraction of sp³-hybridized carbons (Fsp3) is 0.188. The minimum absolute atomic E-state index is 0.212. The maximum absolute atomic E-state index is 12.2. The van der Waals surface area contributed by atoms with Crippen LogP contribution in [0.4, 0.5) is 5.69 Å². The van der Waals surface area contributed by atoms with Gasteiger partial charge in [-0.2, -0.15) is 0 Å². The van der Waals surface area contributed by atoms with Crippen LogP contribution in [0.15, 0.2) is 48.5 Å². The zero-order chi connectivity index (χ0) is 14.4. The van der Waals surface area contributed by atoms with E-state index in [1.165, 1.54) is 12.7 Å². The fourth-order valence-electron chi connectivity index (χ4n) is 2.01. The number of carbonyl (C=O) groups excluding carboxylic acids is 1. The lowest BCUT2D eigenvalue weighted by molar-refractivity contribution is 0.0952. The van der Waals surface area contributed by atoms with Gasteiger partial charge in [-0.05, 0) is 24.1 Å². The molecule has 0 saturated heterocycles. The van der Waals surface area contributed by atoms with Crippen molar-refractivity contribution in [3.8, 4) is 5.75 Å². The number of nitrogen functional groups attached to an aromatic ring is 1. The quantitative estimate of drug-likeness (QED) is 0.819. The van der Waals surface area contributed by atoms with Crippen LogP contribution in [0, 0.1) is 0 Å². The third-order valence-corrected chi connectivity index (χ3v) is 3.05. The van der Waals surface area contributed by atoms with Crippen LogP contribution in [0.5, 0.6) is 5.75 Å². The third-order valence-electron chi connectivity index (χ3n) is 3.05. The molecule has 0 bridgehead atoms. The van der Waals surface area contributed by atoms with E-state index in [1.54, 1.807) is 18.2 Å². The highest BCUT2D eigenvalue weighted by Gasteiger charge is 2.14. The molecular weight excluding hydrogens is 252 g/mol. The highest BCUT2D eigenvalue weighted by atomic mass is 16.5. The van der Waals surface area contributed by atoms with E-state index in [9.17, 15) is 4.79 Å². The number of hydrogen-bond acceptors (Lipinski definition) is 3. The van der Waals surface area contributed by atoms with Crippen molar-refractivity contribution in [1.82, 2.24) is 5.32 Å². The van der Waals surface area contributed by atoms with Gasteiger partial charge in [0.05, 0.1) is 7.11 Å². The van der Waals surface area contributed by atoms with Crippen LogP contribution in [-0.2, 0) is 6.42 Å². The molecule has 0 fully saturated rings. The maximum Gasteiger partial charge on any atom is 0.257 e. The molecule has 2 aromatic rings. The van der Waals surface area contributed by atoms with E-state index in [0.717, 1.165) is 6.42 Å². The molecule has 0 spiro atoms. The highest BCUT2D eigenvalue weighted by Crippen LogP contribution is 2.23. The molecule has 0 atom stereocenters. The van der Waals surface area contributed by atoms with Gasteiger partial charge in [0.2, 0.25) is 0 Å². The van der Waals surface area contributed by atoms with Crippen LogP contribution in [0.25, 0.3) is 0 Å². The van der Waals surface area contributed by atoms with Crippen LogP contribution in [0.2, 0.25) is 0 Å². The SMILES string of the molecule is COc1cccc(N)c1C(=O)NCCc1ccccc1. The summed E-state index contributed by atoms with van der Waals surface area (Å²) in [6, 6.07) is 15.2. The molecule has 104 valence electrons. The lowest BCUT2D eigenvalue weighted by Crippen LogP contribution is -2.27. The summed E-state index contributed by atoms with van der Waals surface area (Å²) in [6.07, 6.45) is 0.779. The summed E-state index contributed by atoms with van der Waals surface area (Å²) < 4.78 is 5.17. The molecule has 1 amide bonds.